The largest absolute Gasteiger partial charge is 0.481 e. The Labute approximate surface area is 100 Å². The van der Waals surface area contributed by atoms with Gasteiger partial charge in [-0.1, -0.05) is 0 Å². The van der Waals surface area contributed by atoms with Crippen molar-refractivity contribution in [2.24, 2.45) is 35.5 Å². The number of hydrogen-bond acceptors (Lipinski definition) is 2. The number of carboxylic acids is 2. The highest BCUT2D eigenvalue weighted by Crippen LogP contribution is 2.58. The topological polar surface area (TPSA) is 74.6 Å². The average Bonchev–Trinajstić information content (AvgIpc) is 2.20. The van der Waals surface area contributed by atoms with E-state index in [0.29, 0.717) is 11.8 Å². The van der Waals surface area contributed by atoms with Gasteiger partial charge in [0.05, 0.1) is 0 Å². The molecule has 4 rings (SSSR count). The van der Waals surface area contributed by atoms with Gasteiger partial charge in [-0.3, -0.25) is 9.59 Å². The van der Waals surface area contributed by atoms with Crippen LogP contribution in [0.5, 0.6) is 0 Å². The first kappa shape index (κ1) is 11.1. The minimum Gasteiger partial charge on any atom is -0.481 e. The lowest BCUT2D eigenvalue weighted by molar-refractivity contribution is -0.166. The first-order valence-corrected chi connectivity index (χ1v) is 6.52. The van der Waals surface area contributed by atoms with Crippen LogP contribution in [-0.2, 0) is 9.59 Å². The lowest BCUT2D eigenvalue weighted by Crippen LogP contribution is -2.51. The van der Waals surface area contributed by atoms with Gasteiger partial charge in [0.15, 0.2) is 5.92 Å². The SMILES string of the molecule is O=C(O)C(C(=O)O)C1C2CC3CC(C2)CC1C3. The molecule has 0 aromatic carbocycles. The second-order valence-electron chi connectivity index (χ2n) is 6.16. The molecule has 0 heterocycles. The summed E-state index contributed by atoms with van der Waals surface area (Å²) in [5, 5.41) is 18.3. The van der Waals surface area contributed by atoms with E-state index in [-0.39, 0.29) is 5.92 Å². The van der Waals surface area contributed by atoms with Crippen LogP contribution < -0.4 is 0 Å². The molecule has 94 valence electrons. The van der Waals surface area contributed by atoms with Crippen molar-refractivity contribution in [2.75, 3.05) is 0 Å². The lowest BCUT2D eigenvalue weighted by atomic mass is 9.49. The van der Waals surface area contributed by atoms with Gasteiger partial charge in [0.1, 0.15) is 0 Å². The molecule has 0 saturated heterocycles. The fourth-order valence-electron chi connectivity index (χ4n) is 4.95. The van der Waals surface area contributed by atoms with Crippen LogP contribution in [0.1, 0.15) is 32.1 Å². The Kier molecular flexibility index (Phi) is 2.42. The van der Waals surface area contributed by atoms with Gasteiger partial charge in [-0.05, 0) is 61.7 Å². The summed E-state index contributed by atoms with van der Waals surface area (Å²) in [6, 6.07) is 0. The average molecular weight is 238 g/mol. The van der Waals surface area contributed by atoms with Crippen molar-refractivity contribution in [3.63, 3.8) is 0 Å². The minimum absolute atomic E-state index is 0.113. The predicted octanol–water partition coefficient (Wildman–Crippen LogP) is 1.84. The van der Waals surface area contributed by atoms with Crippen LogP contribution in [0.2, 0.25) is 0 Å². The molecule has 0 atom stereocenters. The zero-order valence-corrected chi connectivity index (χ0v) is 9.71. The van der Waals surface area contributed by atoms with Gasteiger partial charge in [0, 0.05) is 0 Å². The number of aliphatic carboxylic acids is 2. The molecule has 17 heavy (non-hydrogen) atoms. The van der Waals surface area contributed by atoms with E-state index in [9.17, 15) is 9.59 Å². The highest BCUT2D eigenvalue weighted by atomic mass is 16.4. The van der Waals surface area contributed by atoms with Crippen LogP contribution in [0.3, 0.4) is 0 Å². The third-order valence-electron chi connectivity index (χ3n) is 5.22. The second kappa shape index (κ2) is 3.72. The molecule has 0 spiro atoms. The Morgan fingerprint density at radius 1 is 0.824 bits per heavy atom. The van der Waals surface area contributed by atoms with Crippen LogP contribution >= 0.6 is 0 Å². The summed E-state index contributed by atoms with van der Waals surface area (Å²) < 4.78 is 0. The molecule has 2 N–H and O–H groups in total. The Bertz CT molecular complexity index is 320. The van der Waals surface area contributed by atoms with Crippen molar-refractivity contribution in [1.29, 1.82) is 0 Å². The van der Waals surface area contributed by atoms with E-state index in [1.54, 1.807) is 0 Å². The molecular weight excluding hydrogens is 220 g/mol. The summed E-state index contributed by atoms with van der Waals surface area (Å²) in [4.78, 5) is 22.4. The van der Waals surface area contributed by atoms with Gasteiger partial charge < -0.3 is 10.2 Å². The Hall–Kier alpha value is -1.06. The monoisotopic (exact) mass is 238 g/mol. The maximum Gasteiger partial charge on any atom is 0.318 e. The molecule has 4 bridgehead atoms. The third kappa shape index (κ3) is 1.65. The summed E-state index contributed by atoms with van der Waals surface area (Å²) >= 11 is 0. The second-order valence-corrected chi connectivity index (χ2v) is 6.16. The van der Waals surface area contributed by atoms with Crippen molar-refractivity contribution >= 4 is 11.9 Å². The lowest BCUT2D eigenvalue weighted by Gasteiger charge is -2.55. The first-order valence-electron chi connectivity index (χ1n) is 6.52. The van der Waals surface area contributed by atoms with Crippen molar-refractivity contribution in [3.8, 4) is 0 Å². The van der Waals surface area contributed by atoms with Crippen molar-refractivity contribution in [2.45, 2.75) is 32.1 Å². The number of hydrogen-bond donors (Lipinski definition) is 2. The zero-order chi connectivity index (χ0) is 12.2. The normalized spacial score (nSPS) is 43.0. The highest BCUT2D eigenvalue weighted by Gasteiger charge is 2.53. The number of carbonyl (C=O) groups is 2. The minimum atomic E-state index is -1.18. The molecule has 4 heteroatoms. The van der Waals surface area contributed by atoms with Crippen molar-refractivity contribution < 1.29 is 19.8 Å². The van der Waals surface area contributed by atoms with E-state index in [0.717, 1.165) is 37.5 Å². The van der Waals surface area contributed by atoms with Crippen molar-refractivity contribution in [1.82, 2.24) is 0 Å². The summed E-state index contributed by atoms with van der Waals surface area (Å²) in [7, 11) is 0. The molecule has 0 aliphatic heterocycles. The molecule has 4 saturated carbocycles. The maximum absolute atomic E-state index is 11.2. The predicted molar refractivity (Wildman–Crippen MR) is 59.3 cm³/mol. The van der Waals surface area contributed by atoms with E-state index in [1.165, 1.54) is 6.42 Å². The molecule has 0 radical (unpaired) electrons. The highest BCUT2D eigenvalue weighted by molar-refractivity contribution is 5.93. The molecular formula is C13H18O4. The van der Waals surface area contributed by atoms with Crippen molar-refractivity contribution in [3.05, 3.63) is 0 Å². The molecule has 4 aliphatic rings. The maximum atomic E-state index is 11.2. The number of carboxylic acid groups (broad SMARTS) is 2. The van der Waals surface area contributed by atoms with E-state index in [4.69, 9.17) is 10.2 Å². The van der Waals surface area contributed by atoms with Crippen LogP contribution in [0, 0.1) is 35.5 Å². The quantitative estimate of drug-likeness (QED) is 0.736. The third-order valence-corrected chi connectivity index (χ3v) is 5.22. The molecule has 4 fully saturated rings. The molecule has 0 unspecified atom stereocenters. The van der Waals surface area contributed by atoms with E-state index < -0.39 is 17.9 Å². The molecule has 4 nitrogen and oxygen atoms in total. The standard InChI is InChI=1S/C13H18O4/c14-12(15)11(13(16)17)10-8-2-6-1-7(4-8)5-9(10)3-6/h6-11H,1-5H2,(H,14,15)(H,16,17). The van der Waals surface area contributed by atoms with Gasteiger partial charge in [-0.25, -0.2) is 0 Å². The molecule has 4 aliphatic carbocycles. The first-order chi connectivity index (χ1) is 8.06. The Morgan fingerprint density at radius 2 is 1.24 bits per heavy atom. The fourth-order valence-corrected chi connectivity index (χ4v) is 4.95. The van der Waals surface area contributed by atoms with Gasteiger partial charge in [0.2, 0.25) is 0 Å². The van der Waals surface area contributed by atoms with E-state index >= 15 is 0 Å². The smallest absolute Gasteiger partial charge is 0.318 e. The fraction of sp³-hybridized carbons (Fsp3) is 0.846. The Balaban J connectivity index is 1.88. The summed E-state index contributed by atoms with van der Waals surface area (Å²) in [5.41, 5.74) is 0. The summed E-state index contributed by atoms with van der Waals surface area (Å²) in [5.74, 6) is -1.38. The van der Waals surface area contributed by atoms with Crippen LogP contribution in [0.15, 0.2) is 0 Å². The van der Waals surface area contributed by atoms with Gasteiger partial charge in [-0.2, -0.15) is 0 Å². The molecule has 0 aromatic heterocycles. The van der Waals surface area contributed by atoms with E-state index in [2.05, 4.69) is 0 Å². The Morgan fingerprint density at radius 3 is 1.59 bits per heavy atom. The molecule has 0 amide bonds. The van der Waals surface area contributed by atoms with E-state index in [1.807, 2.05) is 0 Å². The van der Waals surface area contributed by atoms with Gasteiger partial charge in [0.25, 0.3) is 0 Å². The van der Waals surface area contributed by atoms with Crippen LogP contribution in [0.25, 0.3) is 0 Å². The summed E-state index contributed by atoms with van der Waals surface area (Å²) in [6.07, 6.45) is 5.55. The van der Waals surface area contributed by atoms with Gasteiger partial charge in [-0.15, -0.1) is 0 Å². The number of rotatable bonds is 3. The van der Waals surface area contributed by atoms with Crippen LogP contribution in [-0.4, -0.2) is 22.2 Å². The van der Waals surface area contributed by atoms with Gasteiger partial charge >= 0.3 is 11.9 Å². The summed E-state index contributed by atoms with van der Waals surface area (Å²) in [6.45, 7) is 0. The zero-order valence-electron chi connectivity index (χ0n) is 9.71. The van der Waals surface area contributed by atoms with Crippen LogP contribution in [0.4, 0.5) is 0 Å². The molecule has 0 aromatic rings.